The normalized spacial score (nSPS) is 11.4. The number of nitrogens with one attached hydrogen (secondary N) is 1. The molecule has 0 amide bonds. The van der Waals surface area contributed by atoms with Crippen LogP contribution in [0.3, 0.4) is 0 Å². The third kappa shape index (κ3) is 2.85. The number of ether oxygens (including phenoxy) is 1. The topological polar surface area (TPSA) is 73.1 Å². The highest BCUT2D eigenvalue weighted by Gasteiger charge is 2.18. The van der Waals surface area contributed by atoms with Crippen LogP contribution in [0.2, 0.25) is 0 Å². The lowest BCUT2D eigenvalue weighted by Crippen LogP contribution is -2.36. The molecule has 0 fully saturated rings. The average Bonchev–Trinajstić information content (AvgIpc) is 2.08. The SMILES string of the molecule is COCC(C)(C)Nc1ncncc1N. The Hall–Kier alpha value is -1.36. The lowest BCUT2D eigenvalue weighted by molar-refractivity contribution is 0.158. The Bertz CT molecular complexity index is 301. The fraction of sp³-hybridized carbons (Fsp3) is 0.556. The van der Waals surface area contributed by atoms with E-state index in [2.05, 4.69) is 15.3 Å². The van der Waals surface area contributed by atoms with Gasteiger partial charge in [-0.05, 0) is 13.8 Å². The molecule has 0 aromatic carbocycles. The number of anilines is 2. The number of hydrogen-bond donors (Lipinski definition) is 2. The van der Waals surface area contributed by atoms with Crippen molar-refractivity contribution in [1.29, 1.82) is 0 Å². The smallest absolute Gasteiger partial charge is 0.153 e. The zero-order valence-electron chi connectivity index (χ0n) is 8.74. The molecule has 0 aliphatic carbocycles. The number of nitrogens with zero attached hydrogens (tertiary/aromatic N) is 2. The summed E-state index contributed by atoms with van der Waals surface area (Å²) in [6, 6.07) is 0. The van der Waals surface area contributed by atoms with E-state index in [0.29, 0.717) is 18.1 Å². The predicted octanol–water partition coefficient (Wildman–Crippen LogP) is 0.896. The van der Waals surface area contributed by atoms with E-state index in [0.717, 1.165) is 0 Å². The largest absolute Gasteiger partial charge is 0.394 e. The first-order chi connectivity index (χ1) is 6.55. The van der Waals surface area contributed by atoms with Gasteiger partial charge in [0, 0.05) is 7.11 Å². The Morgan fingerprint density at radius 3 is 2.86 bits per heavy atom. The van der Waals surface area contributed by atoms with Gasteiger partial charge in [0.2, 0.25) is 0 Å². The minimum atomic E-state index is -0.197. The monoisotopic (exact) mass is 196 g/mol. The van der Waals surface area contributed by atoms with Gasteiger partial charge in [-0.1, -0.05) is 0 Å². The van der Waals surface area contributed by atoms with Gasteiger partial charge in [0.1, 0.15) is 6.33 Å². The van der Waals surface area contributed by atoms with E-state index in [1.807, 2.05) is 13.8 Å². The maximum atomic E-state index is 5.70. The van der Waals surface area contributed by atoms with Crippen molar-refractivity contribution in [3.8, 4) is 0 Å². The van der Waals surface area contributed by atoms with Crippen LogP contribution in [0.4, 0.5) is 11.5 Å². The molecular weight excluding hydrogens is 180 g/mol. The standard InChI is InChI=1S/C9H16N4O/c1-9(2,5-14-3)13-8-7(10)4-11-6-12-8/h4,6H,5,10H2,1-3H3,(H,11,12,13). The van der Waals surface area contributed by atoms with Crippen LogP contribution in [0.15, 0.2) is 12.5 Å². The quantitative estimate of drug-likeness (QED) is 0.748. The Labute approximate surface area is 83.7 Å². The summed E-state index contributed by atoms with van der Waals surface area (Å²) < 4.78 is 5.07. The number of nitrogens with two attached hydrogens (primary N) is 1. The van der Waals surface area contributed by atoms with Gasteiger partial charge in [-0.3, -0.25) is 0 Å². The summed E-state index contributed by atoms with van der Waals surface area (Å²) in [5.41, 5.74) is 6.04. The van der Waals surface area contributed by atoms with Gasteiger partial charge in [0.05, 0.1) is 24.0 Å². The van der Waals surface area contributed by atoms with E-state index in [-0.39, 0.29) is 5.54 Å². The fourth-order valence-corrected chi connectivity index (χ4v) is 1.16. The van der Waals surface area contributed by atoms with Gasteiger partial charge in [0.25, 0.3) is 0 Å². The number of methoxy groups -OCH3 is 1. The van der Waals surface area contributed by atoms with E-state index in [9.17, 15) is 0 Å². The lowest BCUT2D eigenvalue weighted by atomic mass is 10.1. The van der Waals surface area contributed by atoms with Crippen molar-refractivity contribution in [2.75, 3.05) is 24.8 Å². The van der Waals surface area contributed by atoms with Crippen LogP contribution in [0.25, 0.3) is 0 Å². The molecule has 0 spiro atoms. The highest BCUT2D eigenvalue weighted by atomic mass is 16.5. The zero-order valence-corrected chi connectivity index (χ0v) is 8.74. The van der Waals surface area contributed by atoms with Crippen molar-refractivity contribution >= 4 is 11.5 Å². The van der Waals surface area contributed by atoms with Gasteiger partial charge in [-0.15, -0.1) is 0 Å². The molecule has 78 valence electrons. The maximum absolute atomic E-state index is 5.70. The number of nitrogen functional groups attached to an aromatic ring is 1. The molecule has 1 heterocycles. The Morgan fingerprint density at radius 2 is 2.29 bits per heavy atom. The Kier molecular flexibility index (Phi) is 3.24. The highest BCUT2D eigenvalue weighted by molar-refractivity contribution is 5.60. The molecule has 0 bridgehead atoms. The molecule has 1 aromatic rings. The van der Waals surface area contributed by atoms with Crippen LogP contribution >= 0.6 is 0 Å². The van der Waals surface area contributed by atoms with Gasteiger partial charge in [0.15, 0.2) is 5.82 Å². The van der Waals surface area contributed by atoms with Crippen LogP contribution in [0.5, 0.6) is 0 Å². The summed E-state index contributed by atoms with van der Waals surface area (Å²) in [7, 11) is 1.66. The molecule has 0 unspecified atom stereocenters. The third-order valence-electron chi connectivity index (χ3n) is 1.70. The fourth-order valence-electron chi connectivity index (χ4n) is 1.16. The Balaban J connectivity index is 2.73. The lowest BCUT2D eigenvalue weighted by Gasteiger charge is -2.26. The van der Waals surface area contributed by atoms with E-state index in [1.54, 1.807) is 13.3 Å². The summed E-state index contributed by atoms with van der Waals surface area (Å²) in [4.78, 5) is 7.86. The van der Waals surface area contributed by atoms with E-state index in [1.165, 1.54) is 6.33 Å². The number of aromatic nitrogens is 2. The van der Waals surface area contributed by atoms with E-state index < -0.39 is 0 Å². The summed E-state index contributed by atoms with van der Waals surface area (Å²) in [6.45, 7) is 4.60. The molecule has 3 N–H and O–H groups in total. The predicted molar refractivity (Wildman–Crippen MR) is 56.0 cm³/mol. The first-order valence-electron chi connectivity index (χ1n) is 4.38. The number of hydrogen-bond acceptors (Lipinski definition) is 5. The molecule has 0 aliphatic rings. The first kappa shape index (κ1) is 10.7. The summed E-state index contributed by atoms with van der Waals surface area (Å²) in [5.74, 6) is 0.641. The minimum absolute atomic E-state index is 0.197. The van der Waals surface area contributed by atoms with E-state index >= 15 is 0 Å². The molecule has 0 atom stereocenters. The molecule has 5 heteroatoms. The molecule has 0 aliphatic heterocycles. The molecule has 1 rings (SSSR count). The van der Waals surface area contributed by atoms with Crippen molar-refractivity contribution in [2.24, 2.45) is 0 Å². The van der Waals surface area contributed by atoms with E-state index in [4.69, 9.17) is 10.5 Å². The van der Waals surface area contributed by atoms with Crippen molar-refractivity contribution in [3.05, 3.63) is 12.5 Å². The Morgan fingerprint density at radius 1 is 1.57 bits per heavy atom. The summed E-state index contributed by atoms with van der Waals surface area (Å²) in [6.07, 6.45) is 3.03. The van der Waals surface area contributed by atoms with Crippen molar-refractivity contribution in [1.82, 2.24) is 9.97 Å². The number of rotatable bonds is 4. The van der Waals surface area contributed by atoms with Crippen LogP contribution in [-0.2, 0) is 4.74 Å². The second-order valence-electron chi connectivity index (χ2n) is 3.77. The zero-order chi connectivity index (χ0) is 10.6. The molecule has 14 heavy (non-hydrogen) atoms. The second kappa shape index (κ2) is 4.23. The van der Waals surface area contributed by atoms with Crippen LogP contribution in [0, 0.1) is 0 Å². The molecular formula is C9H16N4O. The minimum Gasteiger partial charge on any atom is -0.394 e. The van der Waals surface area contributed by atoms with Gasteiger partial charge >= 0.3 is 0 Å². The summed E-state index contributed by atoms with van der Waals surface area (Å²) >= 11 is 0. The van der Waals surface area contributed by atoms with Gasteiger partial charge in [-0.25, -0.2) is 9.97 Å². The first-order valence-corrected chi connectivity index (χ1v) is 4.38. The van der Waals surface area contributed by atoms with Crippen LogP contribution < -0.4 is 11.1 Å². The average molecular weight is 196 g/mol. The highest BCUT2D eigenvalue weighted by Crippen LogP contribution is 2.17. The van der Waals surface area contributed by atoms with Crippen molar-refractivity contribution < 1.29 is 4.74 Å². The maximum Gasteiger partial charge on any atom is 0.153 e. The second-order valence-corrected chi connectivity index (χ2v) is 3.77. The summed E-state index contributed by atoms with van der Waals surface area (Å²) in [5, 5.41) is 3.19. The molecule has 0 saturated heterocycles. The van der Waals surface area contributed by atoms with Crippen molar-refractivity contribution in [3.63, 3.8) is 0 Å². The van der Waals surface area contributed by atoms with Crippen molar-refractivity contribution in [2.45, 2.75) is 19.4 Å². The molecule has 0 saturated carbocycles. The van der Waals surface area contributed by atoms with Gasteiger partial charge in [-0.2, -0.15) is 0 Å². The van der Waals surface area contributed by atoms with Gasteiger partial charge < -0.3 is 15.8 Å². The third-order valence-corrected chi connectivity index (χ3v) is 1.70. The molecule has 0 radical (unpaired) electrons. The van der Waals surface area contributed by atoms with Crippen LogP contribution in [0.1, 0.15) is 13.8 Å². The van der Waals surface area contributed by atoms with Crippen LogP contribution in [-0.4, -0.2) is 29.2 Å². The molecule has 1 aromatic heterocycles. The molecule has 5 nitrogen and oxygen atoms in total.